The van der Waals surface area contributed by atoms with E-state index in [-0.39, 0.29) is 18.6 Å². The molecule has 4 N–H and O–H groups in total. The van der Waals surface area contributed by atoms with Crippen molar-refractivity contribution in [2.24, 2.45) is 5.41 Å². The van der Waals surface area contributed by atoms with Crippen molar-refractivity contribution in [1.82, 2.24) is 0 Å². The van der Waals surface area contributed by atoms with E-state index in [1.807, 2.05) is 0 Å². The summed E-state index contributed by atoms with van der Waals surface area (Å²) in [7, 11) is 0. The molecule has 134 valence electrons. The molecule has 1 rings (SSSR count). The van der Waals surface area contributed by atoms with E-state index in [0.29, 0.717) is 13.2 Å². The molecule has 0 aromatic carbocycles. The molecule has 0 saturated heterocycles. The van der Waals surface area contributed by atoms with Crippen LogP contribution in [0.4, 0.5) is 0 Å². The Morgan fingerprint density at radius 3 is 1.14 bits per heavy atom. The molecule has 0 atom stereocenters. The zero-order valence-corrected chi connectivity index (χ0v) is 14.3. The molecule has 0 spiro atoms. The van der Waals surface area contributed by atoms with Crippen molar-refractivity contribution < 1.29 is 20.4 Å². The highest BCUT2D eigenvalue weighted by molar-refractivity contribution is 4.81. The van der Waals surface area contributed by atoms with E-state index in [1.54, 1.807) is 0 Å². The van der Waals surface area contributed by atoms with E-state index in [1.165, 1.54) is 44.9 Å². The van der Waals surface area contributed by atoms with E-state index in [2.05, 4.69) is 0 Å². The smallest absolute Gasteiger partial charge is 0.0509 e. The lowest BCUT2D eigenvalue weighted by atomic mass is 9.75. The number of hydrogen-bond donors (Lipinski definition) is 4. The summed E-state index contributed by atoms with van der Waals surface area (Å²) in [6.45, 7) is 0.988. The molecule has 1 aliphatic carbocycles. The largest absolute Gasteiger partial charge is 0.396 e. The second-order valence-corrected chi connectivity index (χ2v) is 6.65. The van der Waals surface area contributed by atoms with Gasteiger partial charge in [0.15, 0.2) is 0 Å². The van der Waals surface area contributed by atoms with Crippen molar-refractivity contribution in [1.29, 1.82) is 0 Å². The van der Waals surface area contributed by atoms with E-state index in [4.69, 9.17) is 20.4 Å². The summed E-state index contributed by atoms with van der Waals surface area (Å²) in [4.78, 5) is 0. The minimum Gasteiger partial charge on any atom is -0.396 e. The van der Waals surface area contributed by atoms with Gasteiger partial charge in [0, 0.05) is 18.6 Å². The Kier molecular flexibility index (Phi) is 15.6. The van der Waals surface area contributed by atoms with Gasteiger partial charge in [-0.2, -0.15) is 0 Å². The Bertz CT molecular complexity index is 199. The maximum atomic E-state index is 8.98. The van der Waals surface area contributed by atoms with Gasteiger partial charge in [0.05, 0.1) is 13.2 Å². The van der Waals surface area contributed by atoms with Crippen LogP contribution in [0.5, 0.6) is 0 Å². The predicted octanol–water partition coefficient (Wildman–Crippen LogP) is 3.01. The molecule has 1 fully saturated rings. The number of aliphatic hydroxyl groups excluding tert-OH is 4. The Morgan fingerprint density at radius 1 is 0.500 bits per heavy atom. The number of hydrogen-bond acceptors (Lipinski definition) is 4. The maximum Gasteiger partial charge on any atom is 0.0509 e. The maximum absolute atomic E-state index is 8.98. The van der Waals surface area contributed by atoms with Crippen molar-refractivity contribution in [3.8, 4) is 0 Å². The third-order valence-electron chi connectivity index (χ3n) is 4.65. The van der Waals surface area contributed by atoms with Crippen LogP contribution in [0.3, 0.4) is 0 Å². The van der Waals surface area contributed by atoms with E-state index >= 15 is 0 Å². The van der Waals surface area contributed by atoms with Crippen LogP contribution in [0.15, 0.2) is 0 Å². The molecule has 4 nitrogen and oxygen atoms in total. The lowest BCUT2D eigenvalue weighted by Crippen LogP contribution is -2.31. The highest BCUT2D eigenvalue weighted by Crippen LogP contribution is 2.34. The molecule has 0 unspecified atom stereocenters. The topological polar surface area (TPSA) is 80.9 Å². The molecule has 0 amide bonds. The average Bonchev–Trinajstić information content (AvgIpc) is 2.58. The molecule has 22 heavy (non-hydrogen) atoms. The monoisotopic (exact) mass is 318 g/mol. The van der Waals surface area contributed by atoms with Gasteiger partial charge in [-0.05, 0) is 25.7 Å². The molecule has 0 aromatic rings. The van der Waals surface area contributed by atoms with Crippen molar-refractivity contribution in [3.63, 3.8) is 0 Å². The van der Waals surface area contributed by atoms with Gasteiger partial charge in [-0.1, -0.05) is 57.8 Å². The normalized spacial score (nSPS) is 16.9. The second kappa shape index (κ2) is 15.7. The highest BCUT2D eigenvalue weighted by atomic mass is 16.3. The fourth-order valence-corrected chi connectivity index (χ4v) is 2.95. The Balaban J connectivity index is 0.000000406. The first-order valence-corrected chi connectivity index (χ1v) is 9.18. The van der Waals surface area contributed by atoms with Gasteiger partial charge < -0.3 is 20.4 Å². The zero-order chi connectivity index (χ0) is 16.5. The predicted molar refractivity (Wildman–Crippen MR) is 90.8 cm³/mol. The molecule has 0 bridgehead atoms. The van der Waals surface area contributed by atoms with E-state index < -0.39 is 0 Å². The molecule has 0 radical (unpaired) electrons. The van der Waals surface area contributed by atoms with Gasteiger partial charge in [0.1, 0.15) is 0 Å². The summed E-state index contributed by atoms with van der Waals surface area (Å²) in [6.07, 6.45) is 14.9. The summed E-state index contributed by atoms with van der Waals surface area (Å²) in [5.41, 5.74) is -0.127. The van der Waals surface area contributed by atoms with Gasteiger partial charge in [-0.25, -0.2) is 0 Å². The summed E-state index contributed by atoms with van der Waals surface area (Å²) in [6, 6.07) is 0. The van der Waals surface area contributed by atoms with Crippen LogP contribution in [-0.2, 0) is 0 Å². The van der Waals surface area contributed by atoms with E-state index in [9.17, 15) is 0 Å². The zero-order valence-electron chi connectivity index (χ0n) is 14.3. The highest BCUT2D eigenvalue weighted by Gasteiger charge is 2.30. The van der Waals surface area contributed by atoms with Crippen LogP contribution < -0.4 is 0 Å². The minimum absolute atomic E-state index is 0.127. The van der Waals surface area contributed by atoms with Crippen molar-refractivity contribution in [2.75, 3.05) is 26.4 Å². The van der Waals surface area contributed by atoms with Crippen molar-refractivity contribution >= 4 is 0 Å². The first kappa shape index (κ1) is 21.8. The molecule has 1 aliphatic rings. The van der Waals surface area contributed by atoms with Gasteiger partial charge in [0.25, 0.3) is 0 Å². The Labute approximate surface area is 136 Å². The molecular formula is C18H38O4. The number of unbranched alkanes of at least 4 members (excludes halogenated alkanes) is 7. The SMILES string of the molecule is OCC1(CO)CCCCC1.OCCCCCCCCCCO. The van der Waals surface area contributed by atoms with Gasteiger partial charge in [-0.15, -0.1) is 0 Å². The quantitative estimate of drug-likeness (QED) is 0.441. The van der Waals surface area contributed by atoms with Crippen molar-refractivity contribution in [2.45, 2.75) is 83.5 Å². The molecule has 0 aromatic heterocycles. The second-order valence-electron chi connectivity index (χ2n) is 6.65. The third-order valence-corrected chi connectivity index (χ3v) is 4.65. The lowest BCUT2D eigenvalue weighted by Gasteiger charge is -2.33. The van der Waals surface area contributed by atoms with Crippen molar-refractivity contribution in [3.05, 3.63) is 0 Å². The summed E-state index contributed by atoms with van der Waals surface area (Å²) >= 11 is 0. The van der Waals surface area contributed by atoms with Crippen LogP contribution in [-0.4, -0.2) is 46.9 Å². The summed E-state index contributed by atoms with van der Waals surface area (Å²) < 4.78 is 0. The molecule has 1 saturated carbocycles. The van der Waals surface area contributed by atoms with Gasteiger partial charge >= 0.3 is 0 Å². The Morgan fingerprint density at radius 2 is 0.864 bits per heavy atom. The van der Waals surface area contributed by atoms with E-state index in [0.717, 1.165) is 38.5 Å². The van der Waals surface area contributed by atoms with Crippen LogP contribution in [0.25, 0.3) is 0 Å². The average molecular weight is 318 g/mol. The number of aliphatic hydroxyl groups is 4. The first-order chi connectivity index (χ1) is 10.7. The van der Waals surface area contributed by atoms with Gasteiger partial charge in [0.2, 0.25) is 0 Å². The summed E-state index contributed by atoms with van der Waals surface area (Å²) in [5.74, 6) is 0. The van der Waals surface area contributed by atoms with Crippen LogP contribution >= 0.6 is 0 Å². The Hall–Kier alpha value is -0.160. The van der Waals surface area contributed by atoms with Crippen LogP contribution in [0, 0.1) is 5.41 Å². The standard InChI is InChI=1S/C10H22O2.C8H16O2/c11-9-7-5-3-1-2-4-6-8-10-12;9-6-8(7-10)4-2-1-3-5-8/h11-12H,1-10H2;9-10H,1-7H2. The number of rotatable bonds is 11. The fraction of sp³-hybridized carbons (Fsp3) is 1.00. The summed E-state index contributed by atoms with van der Waals surface area (Å²) in [5, 5.41) is 35.0. The molecule has 0 heterocycles. The lowest BCUT2D eigenvalue weighted by molar-refractivity contribution is 0.0234. The molecule has 0 aliphatic heterocycles. The minimum atomic E-state index is -0.127. The molecule has 4 heteroatoms. The third kappa shape index (κ3) is 11.4. The molecular weight excluding hydrogens is 280 g/mol. The fourth-order valence-electron chi connectivity index (χ4n) is 2.95. The van der Waals surface area contributed by atoms with Crippen LogP contribution in [0.1, 0.15) is 83.5 Å². The first-order valence-electron chi connectivity index (χ1n) is 9.18. The van der Waals surface area contributed by atoms with Crippen LogP contribution in [0.2, 0.25) is 0 Å². The van der Waals surface area contributed by atoms with Gasteiger partial charge in [-0.3, -0.25) is 0 Å².